The van der Waals surface area contributed by atoms with Crippen molar-refractivity contribution in [2.75, 3.05) is 6.54 Å². The Kier molecular flexibility index (Phi) is 9.93. The van der Waals surface area contributed by atoms with Crippen LogP contribution < -0.4 is 10.1 Å². The molecule has 2 saturated carbocycles. The molecule has 1 saturated heterocycles. The molecule has 2 bridgehead atoms. The summed E-state index contributed by atoms with van der Waals surface area (Å²) in [6.07, 6.45) is 25.2. The lowest BCUT2D eigenvalue weighted by Crippen LogP contribution is -2.74. The van der Waals surface area contributed by atoms with E-state index in [2.05, 4.69) is 43.1 Å². The van der Waals surface area contributed by atoms with Crippen molar-refractivity contribution in [2.45, 2.75) is 158 Å². The first-order valence-corrected chi connectivity index (χ1v) is 18.2. The minimum atomic E-state index is -0.819. The molecule has 3 N–H and O–H groups in total. The van der Waals surface area contributed by atoms with E-state index in [0.29, 0.717) is 5.92 Å². The van der Waals surface area contributed by atoms with Gasteiger partial charge in [-0.25, -0.2) is 0 Å². The largest absolute Gasteiger partial charge is 0.489 e. The summed E-state index contributed by atoms with van der Waals surface area (Å²) in [4.78, 5) is 13.2. The van der Waals surface area contributed by atoms with Gasteiger partial charge in [-0.05, 0) is 101 Å². The number of allylic oxidation sites excluding steroid dienone is 3. The van der Waals surface area contributed by atoms with Crippen LogP contribution in [0.5, 0.6) is 5.75 Å². The Morgan fingerprint density at radius 3 is 2.73 bits per heavy atom. The molecule has 5 aliphatic rings. The second-order valence-electron chi connectivity index (χ2n) is 15.0. The monoisotopic (exact) mass is 603 g/mol. The Morgan fingerprint density at radius 2 is 1.93 bits per heavy atom. The van der Waals surface area contributed by atoms with Crippen molar-refractivity contribution in [1.29, 1.82) is 0 Å². The van der Waals surface area contributed by atoms with Gasteiger partial charge in [-0.1, -0.05) is 88.3 Å². The van der Waals surface area contributed by atoms with Crippen molar-refractivity contribution in [1.82, 2.24) is 5.32 Å². The van der Waals surface area contributed by atoms with Crippen LogP contribution in [-0.2, 0) is 16.6 Å². The predicted octanol–water partition coefficient (Wildman–Crippen LogP) is 8.53. The van der Waals surface area contributed by atoms with Crippen LogP contribution in [0.15, 0.2) is 36.4 Å². The molecule has 44 heavy (non-hydrogen) atoms. The van der Waals surface area contributed by atoms with Crippen LogP contribution >= 0.6 is 0 Å². The van der Waals surface area contributed by atoms with Gasteiger partial charge in [0.25, 0.3) is 0 Å². The van der Waals surface area contributed by atoms with Gasteiger partial charge in [0.15, 0.2) is 0 Å². The third-order valence-corrected chi connectivity index (χ3v) is 12.0. The summed E-state index contributed by atoms with van der Waals surface area (Å²) in [5, 5.41) is 26.6. The Hall–Kier alpha value is -2.11. The van der Waals surface area contributed by atoms with Crippen molar-refractivity contribution in [2.24, 2.45) is 11.8 Å². The average Bonchev–Trinajstić information content (AvgIpc) is 3.74. The van der Waals surface area contributed by atoms with Gasteiger partial charge in [-0.15, -0.1) is 0 Å². The molecule has 0 aromatic heterocycles. The number of aliphatic carboxylic acids is 1. The first kappa shape index (κ1) is 31.9. The SMILES string of the molecule is C=C(C/C=C/CCCCCCCC)CCCC(CC1CC1)C(C(=O)O)c1ccc2c3c1O[C@H]1CCC[C@@]4(O)C(C2)NCC[C@]314. The lowest BCUT2D eigenvalue weighted by Gasteiger charge is -2.60. The molecule has 0 radical (unpaired) electrons. The van der Waals surface area contributed by atoms with E-state index in [-0.39, 0.29) is 18.1 Å². The molecule has 1 aromatic rings. The molecule has 6 rings (SSSR count). The maximum Gasteiger partial charge on any atom is 0.311 e. The van der Waals surface area contributed by atoms with Gasteiger partial charge >= 0.3 is 5.97 Å². The van der Waals surface area contributed by atoms with Crippen LogP contribution in [0, 0.1) is 11.8 Å². The minimum absolute atomic E-state index is 0.0447. The van der Waals surface area contributed by atoms with E-state index < -0.39 is 22.9 Å². The normalized spacial score (nSPS) is 29.7. The molecule has 1 aromatic carbocycles. The number of hydrogen-bond acceptors (Lipinski definition) is 4. The van der Waals surface area contributed by atoms with Crippen molar-refractivity contribution in [3.8, 4) is 5.75 Å². The van der Waals surface area contributed by atoms with Crippen molar-refractivity contribution in [3.05, 3.63) is 53.1 Å². The number of benzene rings is 1. The topological polar surface area (TPSA) is 78.8 Å². The van der Waals surface area contributed by atoms with Crippen LogP contribution in [0.1, 0.15) is 145 Å². The number of rotatable bonds is 18. The Labute approximate surface area is 265 Å². The van der Waals surface area contributed by atoms with Gasteiger partial charge in [-0.3, -0.25) is 4.79 Å². The molecule has 5 heteroatoms. The zero-order valence-corrected chi connectivity index (χ0v) is 27.3. The molecular weight excluding hydrogens is 546 g/mol. The molecule has 5 nitrogen and oxygen atoms in total. The van der Waals surface area contributed by atoms with Crippen molar-refractivity contribution >= 4 is 5.97 Å². The lowest BCUT2D eigenvalue weighted by molar-refractivity contribution is -0.149. The molecular formula is C39H57NO4. The number of ether oxygens (including phenoxy) is 1. The van der Waals surface area contributed by atoms with Gasteiger partial charge in [0.05, 0.1) is 16.9 Å². The van der Waals surface area contributed by atoms with Crippen LogP contribution in [0.4, 0.5) is 0 Å². The fourth-order valence-corrected chi connectivity index (χ4v) is 9.63. The van der Waals surface area contributed by atoms with Gasteiger partial charge in [0, 0.05) is 17.2 Å². The standard InChI is InChI=1S/C39H57NO4/c1-3-4-5-6-7-8-9-10-11-14-27(2)15-12-16-29(25-28-18-19-28)34(37(41)42)31-21-20-30-26-32-39(43)22-13-17-33-38(39,23-24-40-32)35(30)36(31)44-33/h10-11,20-21,28-29,32-34,40,43H,2-9,12-19,22-26H2,1H3,(H,41,42)/b11-10+/t29?,32?,33-,34?,38+,39+/m0/s1. The van der Waals surface area contributed by atoms with E-state index in [9.17, 15) is 15.0 Å². The van der Waals surface area contributed by atoms with Crippen LogP contribution in [0.2, 0.25) is 0 Å². The Morgan fingerprint density at radius 1 is 1.11 bits per heavy atom. The molecule has 2 aliphatic heterocycles. The summed E-state index contributed by atoms with van der Waals surface area (Å²) >= 11 is 0. The summed E-state index contributed by atoms with van der Waals surface area (Å²) in [5.41, 5.74) is 3.30. The molecule has 3 unspecified atom stereocenters. The van der Waals surface area contributed by atoms with E-state index in [1.165, 1.54) is 62.5 Å². The number of aliphatic hydroxyl groups is 1. The molecule has 3 fully saturated rings. The highest BCUT2D eigenvalue weighted by Gasteiger charge is 2.69. The van der Waals surface area contributed by atoms with E-state index in [0.717, 1.165) is 94.1 Å². The van der Waals surface area contributed by atoms with E-state index in [1.54, 1.807) is 0 Å². The number of nitrogens with one attached hydrogen (secondary N) is 1. The molecule has 242 valence electrons. The predicted molar refractivity (Wildman–Crippen MR) is 177 cm³/mol. The number of carbonyl (C=O) groups is 1. The highest BCUT2D eigenvalue weighted by Crippen LogP contribution is 2.64. The number of piperidine rings is 1. The van der Waals surface area contributed by atoms with Crippen molar-refractivity contribution < 1.29 is 19.7 Å². The molecule has 2 heterocycles. The maximum absolute atomic E-state index is 13.2. The maximum atomic E-state index is 13.2. The smallest absolute Gasteiger partial charge is 0.311 e. The summed E-state index contributed by atoms with van der Waals surface area (Å²) < 4.78 is 6.84. The second kappa shape index (κ2) is 13.7. The second-order valence-corrected chi connectivity index (χ2v) is 15.0. The van der Waals surface area contributed by atoms with Gasteiger partial charge < -0.3 is 20.3 Å². The van der Waals surface area contributed by atoms with E-state index in [4.69, 9.17) is 4.74 Å². The molecule has 3 aliphatic carbocycles. The minimum Gasteiger partial charge on any atom is -0.489 e. The lowest BCUT2D eigenvalue weighted by atomic mass is 9.49. The van der Waals surface area contributed by atoms with Crippen molar-refractivity contribution in [3.63, 3.8) is 0 Å². The first-order chi connectivity index (χ1) is 21.4. The third-order valence-electron chi connectivity index (χ3n) is 12.0. The summed E-state index contributed by atoms with van der Waals surface area (Å²) in [7, 11) is 0. The number of carboxylic acids is 1. The Balaban J connectivity index is 1.13. The molecule has 1 spiro atoms. The average molecular weight is 604 g/mol. The zero-order chi connectivity index (χ0) is 30.7. The summed E-state index contributed by atoms with van der Waals surface area (Å²) in [6.45, 7) is 7.50. The summed E-state index contributed by atoms with van der Waals surface area (Å²) in [5.74, 6) is 0.246. The number of unbranched alkanes of at least 4 members (excludes halogenated alkanes) is 6. The van der Waals surface area contributed by atoms with E-state index in [1.807, 2.05) is 0 Å². The molecule has 0 amide bonds. The fourth-order valence-electron chi connectivity index (χ4n) is 9.63. The number of carboxylic acid groups (broad SMARTS) is 1. The first-order valence-electron chi connectivity index (χ1n) is 18.2. The Bertz CT molecular complexity index is 1220. The zero-order valence-electron chi connectivity index (χ0n) is 27.3. The van der Waals surface area contributed by atoms with Gasteiger partial charge in [0.1, 0.15) is 11.9 Å². The highest BCUT2D eigenvalue weighted by atomic mass is 16.5. The van der Waals surface area contributed by atoms with Crippen LogP contribution in [-0.4, -0.2) is 40.5 Å². The highest BCUT2D eigenvalue weighted by molar-refractivity contribution is 5.79. The summed E-state index contributed by atoms with van der Waals surface area (Å²) in [6, 6.07) is 4.30. The van der Waals surface area contributed by atoms with Crippen LogP contribution in [0.25, 0.3) is 0 Å². The number of hydrogen-bond donors (Lipinski definition) is 3. The fraction of sp³-hybridized carbons (Fsp3) is 0.718. The third kappa shape index (κ3) is 6.05. The quantitative estimate of drug-likeness (QED) is 0.116. The van der Waals surface area contributed by atoms with E-state index >= 15 is 0 Å². The van der Waals surface area contributed by atoms with Gasteiger partial charge in [0.2, 0.25) is 0 Å². The molecule has 6 atom stereocenters. The van der Waals surface area contributed by atoms with Crippen LogP contribution in [0.3, 0.4) is 0 Å². The van der Waals surface area contributed by atoms with Gasteiger partial charge in [-0.2, -0.15) is 0 Å².